The molecule has 0 fully saturated rings. The van der Waals surface area contributed by atoms with E-state index in [1.807, 2.05) is 6.07 Å². The van der Waals surface area contributed by atoms with Crippen molar-refractivity contribution in [1.82, 2.24) is 4.90 Å². The van der Waals surface area contributed by atoms with Crippen LogP contribution in [0, 0.1) is 0 Å². The fourth-order valence-corrected chi connectivity index (χ4v) is 2.94. The molecule has 0 amide bonds. The predicted molar refractivity (Wildman–Crippen MR) is 87.8 cm³/mol. The molecule has 0 aromatic heterocycles. The molecule has 5 heteroatoms. The van der Waals surface area contributed by atoms with Crippen molar-refractivity contribution in [2.45, 2.75) is 39.3 Å². The fourth-order valence-electron chi connectivity index (χ4n) is 2.43. The van der Waals surface area contributed by atoms with Gasteiger partial charge in [0, 0.05) is 30.7 Å². The van der Waals surface area contributed by atoms with E-state index in [1.165, 1.54) is 0 Å². The number of nitrogens with zero attached hydrogens (tertiary/aromatic N) is 1. The van der Waals surface area contributed by atoms with Crippen LogP contribution in [0.15, 0.2) is 22.7 Å². The lowest BCUT2D eigenvalue weighted by Gasteiger charge is -2.30. The summed E-state index contributed by atoms with van der Waals surface area (Å²) < 4.78 is 6.04. The summed E-state index contributed by atoms with van der Waals surface area (Å²) in [5.41, 5.74) is 1.40. The molecule has 1 aromatic rings. The van der Waals surface area contributed by atoms with E-state index in [0.29, 0.717) is 18.2 Å². The van der Waals surface area contributed by atoms with Gasteiger partial charge < -0.3 is 9.84 Å². The van der Waals surface area contributed by atoms with E-state index in [9.17, 15) is 4.79 Å². The van der Waals surface area contributed by atoms with Crippen LogP contribution in [0.25, 0.3) is 0 Å². The molecule has 0 atom stereocenters. The minimum Gasteiger partial charge on any atom is -0.478 e. The van der Waals surface area contributed by atoms with Crippen LogP contribution < -0.4 is 0 Å². The van der Waals surface area contributed by atoms with Gasteiger partial charge in [-0.05, 0) is 30.5 Å². The molecular weight excluding hydrogens is 334 g/mol. The first-order valence-corrected chi connectivity index (χ1v) is 8.07. The second kappa shape index (κ2) is 9.18. The van der Waals surface area contributed by atoms with Gasteiger partial charge in [0.05, 0.1) is 12.2 Å². The quantitative estimate of drug-likeness (QED) is 0.730. The van der Waals surface area contributed by atoms with Crippen molar-refractivity contribution in [3.05, 3.63) is 33.8 Å². The standard InChI is InChI=1S/C16H24BrNO3/c1-4-14(5-2)18(8-9-21-3)11-13-7-6-12(16(19)20)10-15(13)17/h6-7,10,14H,4-5,8-9,11H2,1-3H3,(H,19,20). The van der Waals surface area contributed by atoms with Crippen molar-refractivity contribution in [3.8, 4) is 0 Å². The second-order valence-electron chi connectivity index (χ2n) is 5.04. The number of aromatic carboxylic acids is 1. The Morgan fingerprint density at radius 1 is 1.38 bits per heavy atom. The maximum Gasteiger partial charge on any atom is 0.335 e. The number of methoxy groups -OCH3 is 1. The van der Waals surface area contributed by atoms with Crippen LogP contribution in [0.3, 0.4) is 0 Å². The highest BCUT2D eigenvalue weighted by Gasteiger charge is 2.17. The molecule has 1 aromatic carbocycles. The molecule has 4 nitrogen and oxygen atoms in total. The van der Waals surface area contributed by atoms with E-state index < -0.39 is 5.97 Å². The number of hydrogen-bond donors (Lipinski definition) is 1. The van der Waals surface area contributed by atoms with E-state index in [-0.39, 0.29) is 0 Å². The highest BCUT2D eigenvalue weighted by atomic mass is 79.9. The summed E-state index contributed by atoms with van der Waals surface area (Å²) in [7, 11) is 1.71. The van der Waals surface area contributed by atoms with Gasteiger partial charge in [-0.1, -0.05) is 35.8 Å². The molecular formula is C16H24BrNO3. The molecule has 0 aliphatic heterocycles. The molecule has 1 rings (SSSR count). The third-order valence-corrected chi connectivity index (χ3v) is 4.45. The minimum atomic E-state index is -0.904. The van der Waals surface area contributed by atoms with Crippen molar-refractivity contribution in [2.24, 2.45) is 0 Å². The average Bonchev–Trinajstić information content (AvgIpc) is 2.47. The lowest BCUT2D eigenvalue weighted by molar-refractivity contribution is 0.0696. The van der Waals surface area contributed by atoms with Crippen molar-refractivity contribution >= 4 is 21.9 Å². The topological polar surface area (TPSA) is 49.8 Å². The van der Waals surface area contributed by atoms with Gasteiger partial charge in [0.15, 0.2) is 0 Å². The molecule has 0 aliphatic rings. The largest absolute Gasteiger partial charge is 0.478 e. The molecule has 0 unspecified atom stereocenters. The summed E-state index contributed by atoms with van der Waals surface area (Å²) in [5, 5.41) is 9.01. The van der Waals surface area contributed by atoms with Gasteiger partial charge in [-0.3, -0.25) is 4.90 Å². The van der Waals surface area contributed by atoms with Crippen LogP contribution in [0.4, 0.5) is 0 Å². The van der Waals surface area contributed by atoms with Crippen LogP contribution in [0.2, 0.25) is 0 Å². The van der Waals surface area contributed by atoms with Crippen LogP contribution in [0.5, 0.6) is 0 Å². The number of carbonyl (C=O) groups is 1. The molecule has 0 heterocycles. The Morgan fingerprint density at radius 3 is 2.52 bits per heavy atom. The van der Waals surface area contributed by atoms with Crippen LogP contribution in [-0.4, -0.2) is 42.3 Å². The second-order valence-corrected chi connectivity index (χ2v) is 5.90. The Hall–Kier alpha value is -0.910. The van der Waals surface area contributed by atoms with E-state index in [0.717, 1.165) is 36.0 Å². The maximum atomic E-state index is 11.0. The Balaban J connectivity index is 2.89. The van der Waals surface area contributed by atoms with Crippen molar-refractivity contribution in [2.75, 3.05) is 20.3 Å². The number of hydrogen-bond acceptors (Lipinski definition) is 3. The summed E-state index contributed by atoms with van der Waals surface area (Å²) in [6.07, 6.45) is 2.18. The van der Waals surface area contributed by atoms with Gasteiger partial charge in [0.25, 0.3) is 0 Å². The summed E-state index contributed by atoms with van der Waals surface area (Å²) >= 11 is 3.48. The summed E-state index contributed by atoms with van der Waals surface area (Å²) in [4.78, 5) is 13.4. The molecule has 118 valence electrons. The van der Waals surface area contributed by atoms with E-state index in [2.05, 4.69) is 34.7 Å². The number of benzene rings is 1. The molecule has 21 heavy (non-hydrogen) atoms. The monoisotopic (exact) mass is 357 g/mol. The van der Waals surface area contributed by atoms with Crippen LogP contribution >= 0.6 is 15.9 Å². The van der Waals surface area contributed by atoms with Crippen molar-refractivity contribution in [3.63, 3.8) is 0 Å². The first-order chi connectivity index (χ1) is 10.0. The zero-order valence-corrected chi connectivity index (χ0v) is 14.5. The molecule has 0 saturated heterocycles. The SMILES string of the molecule is CCC(CC)N(CCOC)Cc1ccc(C(=O)O)cc1Br. The van der Waals surface area contributed by atoms with E-state index in [4.69, 9.17) is 9.84 Å². The Labute approximate surface area is 135 Å². The first kappa shape index (κ1) is 18.1. The number of halogens is 1. The predicted octanol–water partition coefficient (Wildman–Crippen LogP) is 3.78. The number of carboxylic acid groups (broad SMARTS) is 1. The molecule has 0 aliphatic carbocycles. The zero-order chi connectivity index (χ0) is 15.8. The van der Waals surface area contributed by atoms with Crippen molar-refractivity contribution < 1.29 is 14.6 Å². The molecule has 0 spiro atoms. The highest BCUT2D eigenvalue weighted by molar-refractivity contribution is 9.10. The lowest BCUT2D eigenvalue weighted by atomic mass is 10.1. The van der Waals surface area contributed by atoms with Gasteiger partial charge in [0.2, 0.25) is 0 Å². The molecule has 1 N–H and O–H groups in total. The lowest BCUT2D eigenvalue weighted by Crippen LogP contribution is -2.36. The fraction of sp³-hybridized carbons (Fsp3) is 0.562. The van der Waals surface area contributed by atoms with E-state index >= 15 is 0 Å². The van der Waals surface area contributed by atoms with Crippen molar-refractivity contribution in [1.29, 1.82) is 0 Å². The van der Waals surface area contributed by atoms with Crippen LogP contribution in [0.1, 0.15) is 42.6 Å². The van der Waals surface area contributed by atoms with Gasteiger partial charge in [-0.2, -0.15) is 0 Å². The normalized spacial score (nSPS) is 11.3. The van der Waals surface area contributed by atoms with Gasteiger partial charge in [-0.25, -0.2) is 4.79 Å². The maximum absolute atomic E-state index is 11.0. The first-order valence-electron chi connectivity index (χ1n) is 7.28. The van der Waals surface area contributed by atoms with Gasteiger partial charge >= 0.3 is 5.97 Å². The smallest absolute Gasteiger partial charge is 0.335 e. The Kier molecular flexibility index (Phi) is 7.93. The zero-order valence-electron chi connectivity index (χ0n) is 12.9. The summed E-state index contributed by atoms with van der Waals surface area (Å²) in [5.74, 6) is -0.904. The average molecular weight is 358 g/mol. The van der Waals surface area contributed by atoms with Crippen LogP contribution in [-0.2, 0) is 11.3 Å². The molecule has 0 bridgehead atoms. The van der Waals surface area contributed by atoms with Gasteiger partial charge in [0.1, 0.15) is 0 Å². The minimum absolute atomic E-state index is 0.302. The number of rotatable bonds is 9. The Morgan fingerprint density at radius 2 is 2.05 bits per heavy atom. The Bertz CT molecular complexity index is 461. The third kappa shape index (κ3) is 5.41. The third-order valence-electron chi connectivity index (χ3n) is 3.71. The molecule has 0 saturated carbocycles. The van der Waals surface area contributed by atoms with E-state index in [1.54, 1.807) is 19.2 Å². The summed E-state index contributed by atoms with van der Waals surface area (Å²) in [6, 6.07) is 5.71. The highest BCUT2D eigenvalue weighted by Crippen LogP contribution is 2.22. The number of ether oxygens (including phenoxy) is 1. The van der Waals surface area contributed by atoms with Gasteiger partial charge in [-0.15, -0.1) is 0 Å². The molecule has 0 radical (unpaired) electrons. The number of carboxylic acids is 1. The summed E-state index contributed by atoms with van der Waals surface area (Å²) in [6.45, 7) is 6.74.